The number of esters is 1. The number of carbonyl (C=O) groups is 2. The number of alkyl carbamates (subject to hydrolysis) is 1. The maximum atomic E-state index is 11.7. The summed E-state index contributed by atoms with van der Waals surface area (Å²) in [5, 5.41) is 2.59. The molecule has 98 valence electrons. The highest BCUT2D eigenvalue weighted by Gasteiger charge is 2.46. The molecule has 0 radical (unpaired) electrons. The number of amides is 1. The molecule has 1 rings (SSSR count). The van der Waals surface area contributed by atoms with Gasteiger partial charge in [0, 0.05) is 10.8 Å². The van der Waals surface area contributed by atoms with Crippen molar-refractivity contribution in [2.45, 2.75) is 51.4 Å². The molecular formula is C11H18INO4. The predicted octanol–water partition coefficient (Wildman–Crippen LogP) is 2.02. The fourth-order valence-electron chi connectivity index (χ4n) is 1.58. The van der Waals surface area contributed by atoms with Crippen molar-refractivity contribution in [2.24, 2.45) is 0 Å². The van der Waals surface area contributed by atoms with Gasteiger partial charge in [-0.25, -0.2) is 9.59 Å². The van der Waals surface area contributed by atoms with Gasteiger partial charge in [0.2, 0.25) is 0 Å². The van der Waals surface area contributed by atoms with Gasteiger partial charge in [-0.2, -0.15) is 0 Å². The number of ether oxygens (including phenoxy) is 2. The molecule has 1 amide bonds. The number of nitrogens with one attached hydrogen (secondary N) is 1. The van der Waals surface area contributed by atoms with Crippen LogP contribution in [0, 0.1) is 0 Å². The Kier molecular flexibility index (Phi) is 4.27. The highest BCUT2D eigenvalue weighted by atomic mass is 127. The van der Waals surface area contributed by atoms with Crippen molar-refractivity contribution in [2.75, 3.05) is 4.43 Å². The molecule has 0 spiro atoms. The second-order valence-electron chi connectivity index (χ2n) is 5.34. The number of cyclic esters (lactones) is 1. The summed E-state index contributed by atoms with van der Waals surface area (Å²) in [7, 11) is 0. The average molecular weight is 355 g/mol. The second kappa shape index (κ2) is 4.99. The molecule has 1 heterocycles. The van der Waals surface area contributed by atoms with Gasteiger partial charge >= 0.3 is 12.1 Å². The molecule has 0 aromatic rings. The molecule has 6 heteroatoms. The number of carbonyl (C=O) groups excluding carboxylic acids is 2. The summed E-state index contributed by atoms with van der Waals surface area (Å²) in [5.41, 5.74) is -1.55. The lowest BCUT2D eigenvalue weighted by Gasteiger charge is -2.25. The lowest BCUT2D eigenvalue weighted by molar-refractivity contribution is -0.145. The topological polar surface area (TPSA) is 64.6 Å². The Balaban J connectivity index is 2.62. The Morgan fingerprint density at radius 1 is 1.65 bits per heavy atom. The zero-order chi connectivity index (χ0) is 13.3. The lowest BCUT2D eigenvalue weighted by atomic mass is 9.99. The minimum atomic E-state index is -0.974. The van der Waals surface area contributed by atoms with Crippen LogP contribution in [0.3, 0.4) is 0 Å². The average Bonchev–Trinajstić information content (AvgIpc) is 2.38. The zero-order valence-electron chi connectivity index (χ0n) is 10.5. The highest BCUT2D eigenvalue weighted by molar-refractivity contribution is 14.1. The molecule has 1 aliphatic heterocycles. The maximum absolute atomic E-state index is 11.7. The van der Waals surface area contributed by atoms with E-state index < -0.39 is 23.2 Å². The minimum absolute atomic E-state index is 0.136. The third-order valence-electron chi connectivity index (χ3n) is 2.31. The molecule has 0 aliphatic carbocycles. The Morgan fingerprint density at radius 3 is 2.65 bits per heavy atom. The Morgan fingerprint density at radius 2 is 2.24 bits per heavy atom. The standard InChI is InChI=1S/C11H18INO4/c1-10(2,3)17-9(15)13-11(4)5-7(6-12)16-8(11)14/h7H,5-6H2,1-4H3,(H,13,15)/t7-,11-/m0/s1. The molecule has 5 nitrogen and oxygen atoms in total. The highest BCUT2D eigenvalue weighted by Crippen LogP contribution is 2.27. The van der Waals surface area contributed by atoms with E-state index in [1.165, 1.54) is 0 Å². The quantitative estimate of drug-likeness (QED) is 0.468. The third kappa shape index (κ3) is 4.01. The first-order valence-corrected chi connectivity index (χ1v) is 6.97. The molecule has 17 heavy (non-hydrogen) atoms. The van der Waals surface area contributed by atoms with Crippen molar-refractivity contribution in [3.63, 3.8) is 0 Å². The van der Waals surface area contributed by atoms with E-state index in [1.54, 1.807) is 27.7 Å². The lowest BCUT2D eigenvalue weighted by Crippen LogP contribution is -2.51. The van der Waals surface area contributed by atoms with Crippen molar-refractivity contribution < 1.29 is 19.1 Å². The summed E-state index contributed by atoms with van der Waals surface area (Å²) >= 11 is 2.15. The Bertz CT molecular complexity index is 326. The van der Waals surface area contributed by atoms with E-state index in [0.717, 1.165) is 4.43 Å². The molecule has 0 bridgehead atoms. The van der Waals surface area contributed by atoms with E-state index in [1.807, 2.05) is 0 Å². The molecule has 0 aromatic carbocycles. The monoisotopic (exact) mass is 355 g/mol. The van der Waals surface area contributed by atoms with E-state index in [9.17, 15) is 9.59 Å². The van der Waals surface area contributed by atoms with Crippen molar-refractivity contribution in [3.05, 3.63) is 0 Å². The number of rotatable bonds is 2. The van der Waals surface area contributed by atoms with Crippen molar-refractivity contribution in [1.82, 2.24) is 5.32 Å². The van der Waals surface area contributed by atoms with Crippen LogP contribution in [-0.2, 0) is 14.3 Å². The predicted molar refractivity (Wildman–Crippen MR) is 71.2 cm³/mol. The van der Waals surface area contributed by atoms with Crippen molar-refractivity contribution >= 4 is 34.7 Å². The smallest absolute Gasteiger partial charge is 0.408 e. The fourth-order valence-corrected chi connectivity index (χ4v) is 2.07. The van der Waals surface area contributed by atoms with E-state index >= 15 is 0 Å². The van der Waals surface area contributed by atoms with Gasteiger partial charge in [-0.1, -0.05) is 22.6 Å². The first-order chi connectivity index (χ1) is 7.66. The second-order valence-corrected chi connectivity index (χ2v) is 6.23. The third-order valence-corrected chi connectivity index (χ3v) is 3.29. The van der Waals surface area contributed by atoms with Crippen LogP contribution in [0.15, 0.2) is 0 Å². The zero-order valence-corrected chi connectivity index (χ0v) is 12.7. The van der Waals surface area contributed by atoms with Gasteiger partial charge in [-0.15, -0.1) is 0 Å². The van der Waals surface area contributed by atoms with Crippen LogP contribution in [0.1, 0.15) is 34.1 Å². The van der Waals surface area contributed by atoms with Gasteiger partial charge in [0.25, 0.3) is 0 Å². The number of alkyl halides is 1. The van der Waals surface area contributed by atoms with Crippen LogP contribution in [0.5, 0.6) is 0 Å². The summed E-state index contributed by atoms with van der Waals surface area (Å²) in [6.45, 7) is 6.98. The summed E-state index contributed by atoms with van der Waals surface area (Å²) in [5.74, 6) is -0.398. The largest absolute Gasteiger partial charge is 0.460 e. The number of halogens is 1. The van der Waals surface area contributed by atoms with E-state index in [4.69, 9.17) is 9.47 Å². The molecule has 1 aliphatic rings. The van der Waals surface area contributed by atoms with Gasteiger partial charge in [-0.05, 0) is 27.7 Å². The first-order valence-electron chi connectivity index (χ1n) is 5.44. The minimum Gasteiger partial charge on any atom is -0.460 e. The summed E-state index contributed by atoms with van der Waals surface area (Å²) in [6, 6.07) is 0. The molecule has 0 unspecified atom stereocenters. The van der Waals surface area contributed by atoms with Crippen LogP contribution in [0.25, 0.3) is 0 Å². The summed E-state index contributed by atoms with van der Waals surface area (Å²) < 4.78 is 11.0. The summed E-state index contributed by atoms with van der Waals surface area (Å²) in [4.78, 5) is 23.3. The van der Waals surface area contributed by atoms with Crippen molar-refractivity contribution in [3.8, 4) is 0 Å². The molecule has 0 aromatic heterocycles. The van der Waals surface area contributed by atoms with E-state index in [-0.39, 0.29) is 6.10 Å². The van der Waals surface area contributed by atoms with Crippen LogP contribution in [-0.4, -0.2) is 33.7 Å². The van der Waals surface area contributed by atoms with E-state index in [2.05, 4.69) is 27.9 Å². The Hall–Kier alpha value is -0.530. The van der Waals surface area contributed by atoms with Crippen LogP contribution >= 0.6 is 22.6 Å². The number of hydrogen-bond acceptors (Lipinski definition) is 4. The first kappa shape index (κ1) is 14.5. The molecule has 2 atom stereocenters. The normalized spacial score (nSPS) is 28.8. The molecule has 1 N–H and O–H groups in total. The van der Waals surface area contributed by atoms with Gasteiger partial charge in [0.1, 0.15) is 17.2 Å². The maximum Gasteiger partial charge on any atom is 0.408 e. The number of hydrogen-bond donors (Lipinski definition) is 1. The van der Waals surface area contributed by atoms with Crippen LogP contribution < -0.4 is 5.32 Å². The van der Waals surface area contributed by atoms with Crippen LogP contribution in [0.2, 0.25) is 0 Å². The van der Waals surface area contributed by atoms with E-state index in [0.29, 0.717) is 6.42 Å². The van der Waals surface area contributed by atoms with Gasteiger partial charge < -0.3 is 14.8 Å². The van der Waals surface area contributed by atoms with Gasteiger partial charge in [-0.3, -0.25) is 0 Å². The van der Waals surface area contributed by atoms with Crippen LogP contribution in [0.4, 0.5) is 4.79 Å². The fraction of sp³-hybridized carbons (Fsp3) is 0.818. The molecular weight excluding hydrogens is 337 g/mol. The SMILES string of the molecule is CC(C)(C)OC(=O)N[C@@]1(C)C[C@@H](CI)OC1=O. The van der Waals surface area contributed by atoms with Gasteiger partial charge in [0.15, 0.2) is 0 Å². The van der Waals surface area contributed by atoms with Gasteiger partial charge in [0.05, 0.1) is 0 Å². The summed E-state index contributed by atoms with van der Waals surface area (Å²) in [6.07, 6.45) is -0.248. The Labute approximate surface area is 115 Å². The molecule has 1 saturated heterocycles. The molecule has 0 saturated carbocycles. The van der Waals surface area contributed by atoms with Crippen molar-refractivity contribution in [1.29, 1.82) is 0 Å². The molecule has 1 fully saturated rings.